The van der Waals surface area contributed by atoms with Crippen LogP contribution in [0.1, 0.15) is 47.7 Å². The summed E-state index contributed by atoms with van der Waals surface area (Å²) in [6, 6.07) is 20.4. The fourth-order valence-electron chi connectivity index (χ4n) is 4.26. The minimum Gasteiger partial charge on any atom is -0.490 e. The maximum atomic E-state index is 13.4. The lowest BCUT2D eigenvalue weighted by Gasteiger charge is -2.38. The summed E-state index contributed by atoms with van der Waals surface area (Å²) in [6.07, 6.45) is 0.331. The van der Waals surface area contributed by atoms with Crippen molar-refractivity contribution in [2.75, 3.05) is 18.1 Å². The van der Waals surface area contributed by atoms with Gasteiger partial charge in [-0.3, -0.25) is 4.79 Å². The van der Waals surface area contributed by atoms with Crippen LogP contribution in [-0.2, 0) is 11.2 Å². The van der Waals surface area contributed by atoms with E-state index >= 15 is 0 Å². The number of aryl methyl sites for hydroxylation is 2. The highest BCUT2D eigenvalue weighted by Gasteiger charge is 2.36. The fourth-order valence-corrected chi connectivity index (χ4v) is 4.26. The van der Waals surface area contributed by atoms with Crippen LogP contribution in [0.5, 0.6) is 11.5 Å². The van der Waals surface area contributed by atoms with Gasteiger partial charge in [-0.25, -0.2) is 0 Å². The molecule has 1 unspecified atom stereocenters. The third-order valence-corrected chi connectivity index (χ3v) is 5.64. The highest BCUT2D eigenvalue weighted by atomic mass is 16.5. The van der Waals surface area contributed by atoms with Crippen molar-refractivity contribution in [1.82, 2.24) is 0 Å². The molecular weight excluding hydrogens is 386 g/mol. The second kappa shape index (κ2) is 8.84. The molecule has 0 spiro atoms. The average Bonchev–Trinajstić information content (AvgIpc) is 2.75. The molecule has 0 radical (unpaired) electrons. The van der Waals surface area contributed by atoms with E-state index in [1.807, 2.05) is 36.9 Å². The molecule has 1 aliphatic rings. The zero-order valence-corrected chi connectivity index (χ0v) is 18.6. The van der Waals surface area contributed by atoms with E-state index < -0.39 is 0 Å². The number of fused-ring (bicyclic) bond motifs is 1. The maximum absolute atomic E-state index is 13.4. The summed E-state index contributed by atoms with van der Waals surface area (Å²) in [5.41, 5.74) is 6.39. The molecule has 1 heterocycles. The lowest BCUT2D eigenvalue weighted by molar-refractivity contribution is -0.118. The van der Waals surface area contributed by atoms with Gasteiger partial charge in [0.05, 0.1) is 25.7 Å². The van der Waals surface area contributed by atoms with Crippen molar-refractivity contribution in [3.63, 3.8) is 0 Å². The second-order valence-electron chi connectivity index (χ2n) is 7.96. The van der Waals surface area contributed by atoms with Crippen molar-refractivity contribution >= 4 is 11.6 Å². The van der Waals surface area contributed by atoms with Crippen LogP contribution in [0, 0.1) is 13.8 Å². The Morgan fingerprint density at radius 1 is 0.871 bits per heavy atom. The number of carbonyl (C=O) groups excluding carboxylic acids is 1. The summed E-state index contributed by atoms with van der Waals surface area (Å²) in [5, 5.41) is 0. The molecule has 0 saturated heterocycles. The molecule has 0 saturated carbocycles. The van der Waals surface area contributed by atoms with E-state index in [2.05, 4.69) is 56.3 Å². The van der Waals surface area contributed by atoms with Crippen molar-refractivity contribution in [3.8, 4) is 11.5 Å². The number of amides is 1. The molecule has 3 aromatic rings. The molecule has 0 aromatic heterocycles. The van der Waals surface area contributed by atoms with Gasteiger partial charge in [0.2, 0.25) is 5.91 Å². The van der Waals surface area contributed by atoms with E-state index in [4.69, 9.17) is 9.47 Å². The topological polar surface area (TPSA) is 38.8 Å². The first-order valence-corrected chi connectivity index (χ1v) is 10.9. The Morgan fingerprint density at radius 3 is 2.19 bits per heavy atom. The molecule has 1 atom stereocenters. The summed E-state index contributed by atoms with van der Waals surface area (Å²) in [6.45, 7) is 9.15. The van der Waals surface area contributed by atoms with Crippen molar-refractivity contribution in [1.29, 1.82) is 0 Å². The molecule has 0 N–H and O–H groups in total. The van der Waals surface area contributed by atoms with Crippen molar-refractivity contribution in [3.05, 3.63) is 88.5 Å². The van der Waals surface area contributed by atoms with E-state index in [1.165, 1.54) is 5.56 Å². The van der Waals surface area contributed by atoms with E-state index in [1.54, 1.807) is 0 Å². The molecule has 0 fully saturated rings. The predicted molar refractivity (Wildman–Crippen MR) is 124 cm³/mol. The zero-order valence-electron chi connectivity index (χ0n) is 18.6. The molecule has 0 aliphatic carbocycles. The predicted octanol–water partition coefficient (Wildman–Crippen LogP) is 5.78. The molecule has 3 aromatic carbocycles. The van der Waals surface area contributed by atoms with E-state index in [-0.39, 0.29) is 11.9 Å². The van der Waals surface area contributed by atoms with Crippen LogP contribution in [0.2, 0.25) is 0 Å². The summed E-state index contributed by atoms with van der Waals surface area (Å²) in [5.74, 6) is 1.50. The standard InChI is InChI=1S/C27H29NO3/c1-5-30-24-15-21-16-26(29)28(22-12-10-18(3)11-13-22)27(20-9-7-8-19(4)14-20)23(21)17-25(24)31-6-2/h7-15,17,27H,5-6,16H2,1-4H3. The van der Waals surface area contributed by atoms with Crippen molar-refractivity contribution < 1.29 is 14.3 Å². The smallest absolute Gasteiger partial charge is 0.232 e. The first-order valence-electron chi connectivity index (χ1n) is 10.9. The quantitative estimate of drug-likeness (QED) is 0.512. The molecular formula is C27H29NO3. The van der Waals surface area contributed by atoms with Gasteiger partial charge < -0.3 is 14.4 Å². The zero-order chi connectivity index (χ0) is 22.0. The Labute approximate surface area is 184 Å². The van der Waals surface area contributed by atoms with E-state index in [0.29, 0.717) is 25.4 Å². The van der Waals surface area contributed by atoms with Crippen LogP contribution in [0.15, 0.2) is 60.7 Å². The van der Waals surface area contributed by atoms with E-state index in [9.17, 15) is 4.79 Å². The van der Waals surface area contributed by atoms with Gasteiger partial charge in [0, 0.05) is 5.69 Å². The molecule has 4 heteroatoms. The van der Waals surface area contributed by atoms with Crippen LogP contribution in [0.25, 0.3) is 0 Å². The number of hydrogen-bond donors (Lipinski definition) is 0. The second-order valence-corrected chi connectivity index (χ2v) is 7.96. The first-order chi connectivity index (χ1) is 15.0. The molecule has 1 amide bonds. The lowest BCUT2D eigenvalue weighted by Crippen LogP contribution is -2.41. The number of rotatable bonds is 6. The molecule has 1 aliphatic heterocycles. The summed E-state index contributed by atoms with van der Waals surface area (Å²) >= 11 is 0. The monoisotopic (exact) mass is 415 g/mol. The summed E-state index contributed by atoms with van der Waals surface area (Å²) in [7, 11) is 0. The van der Waals surface area contributed by atoms with Gasteiger partial charge in [0.1, 0.15) is 0 Å². The van der Waals surface area contributed by atoms with Crippen LogP contribution in [0.4, 0.5) is 5.69 Å². The average molecular weight is 416 g/mol. The Bertz CT molecular complexity index is 1090. The third kappa shape index (κ3) is 4.15. The Kier molecular flexibility index (Phi) is 5.99. The third-order valence-electron chi connectivity index (χ3n) is 5.64. The molecule has 4 rings (SSSR count). The summed E-state index contributed by atoms with van der Waals surface area (Å²) < 4.78 is 11.7. The number of carbonyl (C=O) groups is 1. The minimum atomic E-state index is -0.228. The van der Waals surface area contributed by atoms with Gasteiger partial charge in [0.25, 0.3) is 0 Å². The fraction of sp³-hybridized carbons (Fsp3) is 0.296. The Hall–Kier alpha value is -3.27. The van der Waals surface area contributed by atoms with Gasteiger partial charge in [-0.05, 0) is 68.7 Å². The van der Waals surface area contributed by atoms with Crippen LogP contribution in [-0.4, -0.2) is 19.1 Å². The normalized spacial score (nSPS) is 15.5. The highest BCUT2D eigenvalue weighted by molar-refractivity contribution is 5.98. The minimum absolute atomic E-state index is 0.0782. The molecule has 160 valence electrons. The summed E-state index contributed by atoms with van der Waals surface area (Å²) in [4.78, 5) is 15.4. The van der Waals surface area contributed by atoms with Crippen molar-refractivity contribution in [2.45, 2.75) is 40.2 Å². The molecule has 4 nitrogen and oxygen atoms in total. The SMILES string of the molecule is CCOc1cc2c(cc1OCC)C(c1cccc(C)c1)N(c1ccc(C)cc1)C(=O)C2. The number of benzene rings is 3. The van der Waals surface area contributed by atoms with Crippen LogP contribution in [0.3, 0.4) is 0 Å². The molecule has 31 heavy (non-hydrogen) atoms. The van der Waals surface area contributed by atoms with Gasteiger partial charge in [0.15, 0.2) is 11.5 Å². The maximum Gasteiger partial charge on any atom is 0.232 e. The van der Waals surface area contributed by atoms with Gasteiger partial charge in [-0.2, -0.15) is 0 Å². The number of hydrogen-bond acceptors (Lipinski definition) is 3. The van der Waals surface area contributed by atoms with Gasteiger partial charge in [-0.1, -0.05) is 47.5 Å². The van der Waals surface area contributed by atoms with Crippen LogP contribution < -0.4 is 14.4 Å². The number of nitrogens with zero attached hydrogens (tertiary/aromatic N) is 1. The van der Waals surface area contributed by atoms with Gasteiger partial charge >= 0.3 is 0 Å². The highest BCUT2D eigenvalue weighted by Crippen LogP contribution is 2.43. The Morgan fingerprint density at radius 2 is 1.55 bits per heavy atom. The van der Waals surface area contributed by atoms with Crippen LogP contribution >= 0.6 is 0 Å². The van der Waals surface area contributed by atoms with E-state index in [0.717, 1.165) is 33.7 Å². The number of anilines is 1. The van der Waals surface area contributed by atoms with Gasteiger partial charge in [-0.15, -0.1) is 0 Å². The largest absolute Gasteiger partial charge is 0.490 e. The molecule has 0 bridgehead atoms. The lowest BCUT2D eigenvalue weighted by atomic mass is 9.86. The number of ether oxygens (including phenoxy) is 2. The first kappa shape index (κ1) is 21.0. The Balaban J connectivity index is 1.93. The van der Waals surface area contributed by atoms with Crippen molar-refractivity contribution in [2.24, 2.45) is 0 Å².